The van der Waals surface area contributed by atoms with Crippen molar-refractivity contribution in [3.8, 4) is 11.5 Å². The lowest BCUT2D eigenvalue weighted by Crippen LogP contribution is -2.46. The topological polar surface area (TPSA) is 59.0 Å². The molecule has 0 bridgehead atoms. The molecule has 2 heterocycles. The van der Waals surface area contributed by atoms with Crippen molar-refractivity contribution in [3.63, 3.8) is 0 Å². The fourth-order valence-corrected chi connectivity index (χ4v) is 7.02. The smallest absolute Gasteiger partial charge is 0.310 e. The quantitative estimate of drug-likeness (QED) is 0.565. The first-order valence-corrected chi connectivity index (χ1v) is 11.8. The molecule has 2 saturated carbocycles. The fourth-order valence-electron chi connectivity index (χ4n) is 7.02. The Morgan fingerprint density at radius 2 is 2.16 bits per heavy atom. The zero-order valence-electron chi connectivity index (χ0n) is 19.0. The standard InChI is InChI=1S/C26H35NO4/c1-15-6-5-8-26(3)13-24-19(11-21(15)26)20(25(29)31-24)14-27-9-7-17-10-22(28)23(30-4)12-18(17)16(27)2/h10,12,16,19-21,24,28H,1,5-9,11,13-14H2,2-4H3/t16-,19+,20+,21-,24-,26-/m1/s1. The number of ether oxygens (including phenoxy) is 2. The fraction of sp³-hybridized carbons (Fsp3) is 0.654. The number of aromatic hydroxyl groups is 1. The third kappa shape index (κ3) is 3.36. The Bertz CT molecular complexity index is 911. The Morgan fingerprint density at radius 1 is 1.35 bits per heavy atom. The first kappa shape index (κ1) is 20.9. The molecule has 1 N–H and O–H groups in total. The van der Waals surface area contributed by atoms with Crippen molar-refractivity contribution in [1.29, 1.82) is 0 Å². The molecule has 1 aromatic rings. The zero-order chi connectivity index (χ0) is 21.9. The number of hydrogen-bond donors (Lipinski definition) is 1. The lowest BCUT2D eigenvalue weighted by atomic mass is 9.55. The number of rotatable bonds is 3. The number of phenolic OH excluding ortho intramolecular Hbond substituents is 1. The van der Waals surface area contributed by atoms with Crippen LogP contribution in [-0.2, 0) is 16.0 Å². The average Bonchev–Trinajstić information content (AvgIpc) is 3.02. The number of benzene rings is 1. The molecule has 0 radical (unpaired) electrons. The molecule has 5 rings (SSSR count). The molecule has 1 saturated heterocycles. The summed E-state index contributed by atoms with van der Waals surface area (Å²) in [7, 11) is 1.58. The second-order valence-corrected chi connectivity index (χ2v) is 10.5. The van der Waals surface area contributed by atoms with Gasteiger partial charge in [-0.15, -0.1) is 0 Å². The van der Waals surface area contributed by atoms with Gasteiger partial charge in [-0.1, -0.05) is 19.1 Å². The summed E-state index contributed by atoms with van der Waals surface area (Å²) in [6.45, 7) is 10.6. The Balaban J connectivity index is 1.36. The predicted molar refractivity (Wildman–Crippen MR) is 119 cm³/mol. The van der Waals surface area contributed by atoms with Gasteiger partial charge in [0, 0.05) is 25.0 Å². The number of phenols is 1. The Kier molecular flexibility index (Phi) is 5.08. The number of carbonyl (C=O) groups is 1. The van der Waals surface area contributed by atoms with Crippen LogP contribution in [0.2, 0.25) is 0 Å². The highest BCUT2D eigenvalue weighted by Crippen LogP contribution is 2.57. The number of methoxy groups -OCH3 is 1. The predicted octanol–water partition coefficient (Wildman–Crippen LogP) is 4.63. The maximum atomic E-state index is 13.0. The lowest BCUT2D eigenvalue weighted by molar-refractivity contribution is -0.146. The van der Waals surface area contributed by atoms with E-state index in [0.29, 0.717) is 17.6 Å². The van der Waals surface area contributed by atoms with Crippen LogP contribution in [0.5, 0.6) is 11.5 Å². The zero-order valence-corrected chi connectivity index (χ0v) is 19.0. The van der Waals surface area contributed by atoms with Crippen molar-refractivity contribution in [3.05, 3.63) is 35.4 Å². The molecule has 0 unspecified atom stereocenters. The van der Waals surface area contributed by atoms with E-state index >= 15 is 0 Å². The third-order valence-electron chi connectivity index (χ3n) is 8.86. The van der Waals surface area contributed by atoms with Crippen LogP contribution in [0, 0.1) is 23.2 Å². The normalized spacial score (nSPS) is 37.6. The Labute approximate surface area is 185 Å². The summed E-state index contributed by atoms with van der Waals surface area (Å²) in [5.74, 6) is 1.45. The summed E-state index contributed by atoms with van der Waals surface area (Å²) in [6, 6.07) is 3.96. The van der Waals surface area contributed by atoms with Gasteiger partial charge in [-0.25, -0.2) is 0 Å². The summed E-state index contributed by atoms with van der Waals surface area (Å²) in [5.41, 5.74) is 3.97. The minimum absolute atomic E-state index is 0.0101. The maximum Gasteiger partial charge on any atom is 0.310 e. The van der Waals surface area contributed by atoms with Gasteiger partial charge in [-0.2, -0.15) is 0 Å². The molecule has 0 spiro atoms. The molecule has 5 nitrogen and oxygen atoms in total. The molecule has 4 aliphatic rings. The summed E-state index contributed by atoms with van der Waals surface area (Å²) in [5, 5.41) is 10.1. The van der Waals surface area contributed by atoms with E-state index < -0.39 is 0 Å². The van der Waals surface area contributed by atoms with Gasteiger partial charge in [0.15, 0.2) is 11.5 Å². The van der Waals surface area contributed by atoms with Crippen molar-refractivity contribution in [2.45, 2.75) is 64.5 Å². The maximum absolute atomic E-state index is 13.0. The van der Waals surface area contributed by atoms with E-state index in [1.165, 1.54) is 29.5 Å². The number of allylic oxidation sites excluding steroid dienone is 1. The first-order chi connectivity index (χ1) is 14.8. The molecule has 6 atom stereocenters. The van der Waals surface area contributed by atoms with Crippen molar-refractivity contribution in [2.24, 2.45) is 23.2 Å². The van der Waals surface area contributed by atoms with E-state index in [4.69, 9.17) is 9.47 Å². The van der Waals surface area contributed by atoms with Gasteiger partial charge < -0.3 is 14.6 Å². The molecule has 0 amide bonds. The molecule has 3 fully saturated rings. The van der Waals surface area contributed by atoms with E-state index in [2.05, 4.69) is 25.3 Å². The van der Waals surface area contributed by atoms with Gasteiger partial charge in [0.05, 0.1) is 13.0 Å². The third-order valence-corrected chi connectivity index (χ3v) is 8.86. The molecule has 1 aromatic carbocycles. The van der Waals surface area contributed by atoms with Crippen LogP contribution >= 0.6 is 0 Å². The summed E-state index contributed by atoms with van der Waals surface area (Å²) in [4.78, 5) is 15.4. The van der Waals surface area contributed by atoms with Crippen LogP contribution in [0.1, 0.15) is 63.1 Å². The van der Waals surface area contributed by atoms with E-state index in [1.54, 1.807) is 7.11 Å². The minimum Gasteiger partial charge on any atom is -0.504 e. The van der Waals surface area contributed by atoms with Gasteiger partial charge in [-0.05, 0) is 80.0 Å². The molecule has 168 valence electrons. The van der Waals surface area contributed by atoms with E-state index in [1.807, 2.05) is 12.1 Å². The van der Waals surface area contributed by atoms with E-state index in [0.717, 1.165) is 38.8 Å². The van der Waals surface area contributed by atoms with Crippen LogP contribution in [0.3, 0.4) is 0 Å². The number of hydrogen-bond acceptors (Lipinski definition) is 5. The van der Waals surface area contributed by atoms with Crippen LogP contribution in [0.25, 0.3) is 0 Å². The molecule has 0 aromatic heterocycles. The number of esters is 1. The van der Waals surface area contributed by atoms with Crippen LogP contribution in [-0.4, -0.2) is 42.3 Å². The van der Waals surface area contributed by atoms with Crippen molar-refractivity contribution < 1.29 is 19.4 Å². The van der Waals surface area contributed by atoms with Gasteiger partial charge in [-0.3, -0.25) is 9.69 Å². The minimum atomic E-state index is -0.0627. The van der Waals surface area contributed by atoms with Crippen LogP contribution in [0.15, 0.2) is 24.3 Å². The molecular weight excluding hydrogens is 390 g/mol. The molecule has 2 aliphatic heterocycles. The van der Waals surface area contributed by atoms with Gasteiger partial charge in [0.2, 0.25) is 0 Å². The highest BCUT2D eigenvalue weighted by Gasteiger charge is 2.55. The monoisotopic (exact) mass is 425 g/mol. The summed E-state index contributed by atoms with van der Waals surface area (Å²) in [6.07, 6.45) is 6.52. The molecule has 31 heavy (non-hydrogen) atoms. The Hall–Kier alpha value is -2.01. The van der Waals surface area contributed by atoms with Gasteiger partial charge in [0.1, 0.15) is 6.10 Å². The first-order valence-electron chi connectivity index (χ1n) is 11.8. The highest BCUT2D eigenvalue weighted by molar-refractivity contribution is 5.75. The lowest BCUT2D eigenvalue weighted by Gasteiger charge is -2.50. The number of nitrogens with zero attached hydrogens (tertiary/aromatic N) is 1. The van der Waals surface area contributed by atoms with Crippen LogP contribution < -0.4 is 4.74 Å². The molecular formula is C26H35NO4. The van der Waals surface area contributed by atoms with Crippen molar-refractivity contribution in [1.82, 2.24) is 4.90 Å². The summed E-state index contributed by atoms with van der Waals surface area (Å²) >= 11 is 0. The van der Waals surface area contributed by atoms with E-state index in [9.17, 15) is 9.90 Å². The van der Waals surface area contributed by atoms with Crippen molar-refractivity contribution >= 4 is 5.97 Å². The largest absolute Gasteiger partial charge is 0.504 e. The average molecular weight is 426 g/mol. The number of carbonyl (C=O) groups excluding carboxylic acids is 1. The molecule has 2 aliphatic carbocycles. The summed E-state index contributed by atoms with van der Waals surface area (Å²) < 4.78 is 11.3. The Morgan fingerprint density at radius 3 is 2.94 bits per heavy atom. The van der Waals surface area contributed by atoms with Crippen molar-refractivity contribution in [2.75, 3.05) is 20.2 Å². The van der Waals surface area contributed by atoms with Gasteiger partial charge >= 0.3 is 5.97 Å². The second kappa shape index (κ2) is 7.54. The van der Waals surface area contributed by atoms with E-state index in [-0.39, 0.29) is 35.2 Å². The van der Waals surface area contributed by atoms with Crippen LogP contribution in [0.4, 0.5) is 0 Å². The van der Waals surface area contributed by atoms with Gasteiger partial charge in [0.25, 0.3) is 0 Å². The number of fused-ring (bicyclic) bond motifs is 3. The second-order valence-electron chi connectivity index (χ2n) is 10.5. The molecule has 5 heteroatoms. The highest BCUT2D eigenvalue weighted by atomic mass is 16.6. The SMILES string of the molecule is C=C1CCC[C@]2(C)C[C@H]3OC(=O)[C@@H](CN4CCc5cc(O)c(OC)cc5[C@H]4C)[C@@H]3C[C@H]12.